The summed E-state index contributed by atoms with van der Waals surface area (Å²) in [5.41, 5.74) is -0.751. The highest BCUT2D eigenvalue weighted by Gasteiger charge is 2.32. The van der Waals surface area contributed by atoms with Crippen LogP contribution in [-0.4, -0.2) is 15.3 Å². The fraction of sp³-hybridized carbons (Fsp3) is 0.333. The van der Waals surface area contributed by atoms with Crippen LogP contribution in [0.25, 0.3) is 0 Å². The first kappa shape index (κ1) is 10.00. The third-order valence-electron chi connectivity index (χ3n) is 2.56. The number of imidazole rings is 1. The number of carbonyl (C=O) groups excluding carboxylic acids is 1. The molecule has 0 saturated carbocycles. The van der Waals surface area contributed by atoms with Gasteiger partial charge in [-0.05, 0) is 24.2 Å². The van der Waals surface area contributed by atoms with Gasteiger partial charge in [0.05, 0.1) is 11.8 Å². The Morgan fingerprint density at radius 2 is 2.05 bits per heavy atom. The fourth-order valence-corrected chi connectivity index (χ4v) is 1.58. The number of carbonyl (C=O) groups is 1. The summed E-state index contributed by atoms with van der Waals surface area (Å²) in [4.78, 5) is 16.6. The third-order valence-corrected chi connectivity index (χ3v) is 2.75. The molecule has 0 radical (unpaired) electrons. The fourth-order valence-electron chi connectivity index (χ4n) is 1.48. The maximum atomic E-state index is 12.7. The Hall–Kier alpha value is -1.81. The minimum absolute atomic E-state index is 0.293. The molecule has 0 spiro atoms. The number of nitrogens with zero attached hydrogens (tertiary/aromatic N) is 2. The second kappa shape index (κ2) is 5.67. The van der Waals surface area contributed by atoms with Gasteiger partial charge in [0.2, 0.25) is 6.23 Å². The lowest BCUT2D eigenvalue weighted by atomic mass is 9.89. The summed E-state index contributed by atoms with van der Waals surface area (Å²) in [6, 6.07) is -1.71. The van der Waals surface area contributed by atoms with Gasteiger partial charge >= 0.3 is 0 Å². The highest BCUT2D eigenvalue weighted by molar-refractivity contribution is 6.30. The second-order valence-electron chi connectivity index (χ2n) is 5.24. The van der Waals surface area contributed by atoms with Crippen LogP contribution in [0.2, 0.25) is 5.02 Å². The quantitative estimate of drug-likeness (QED) is 0.863. The van der Waals surface area contributed by atoms with Gasteiger partial charge < -0.3 is 4.74 Å². The van der Waals surface area contributed by atoms with E-state index in [2.05, 4.69) is 4.98 Å². The lowest BCUT2D eigenvalue weighted by Crippen LogP contribution is -2.33. The number of rotatable bonds is 4. The monoisotopic (exact) mass is 296 g/mol. The van der Waals surface area contributed by atoms with Gasteiger partial charge in [0.15, 0.2) is 5.78 Å². The van der Waals surface area contributed by atoms with Crippen molar-refractivity contribution in [3.8, 4) is 5.75 Å². The molecule has 0 saturated heterocycles. The maximum Gasteiger partial charge on any atom is 0.236 e. The van der Waals surface area contributed by atoms with E-state index in [0.717, 1.165) is 0 Å². The molecule has 0 fully saturated rings. The zero-order chi connectivity index (χ0) is 18.2. The number of halogens is 1. The Balaban J connectivity index is 2.55. The molecule has 0 aliphatic rings. The first-order valence-electron chi connectivity index (χ1n) is 8.00. The lowest BCUT2D eigenvalue weighted by molar-refractivity contribution is -0.137. The Bertz CT molecular complexity index is 744. The van der Waals surface area contributed by atoms with E-state index >= 15 is 0 Å². The Kier molecular flexibility index (Phi) is 2.83. The van der Waals surface area contributed by atoms with Crippen LogP contribution >= 0.6 is 11.6 Å². The molecule has 2 rings (SSSR count). The topological polar surface area (TPSA) is 44.1 Å². The summed E-state index contributed by atoms with van der Waals surface area (Å²) in [6.07, 6.45) is 3.23. The summed E-state index contributed by atoms with van der Waals surface area (Å²) < 4.78 is 38.5. The van der Waals surface area contributed by atoms with E-state index in [9.17, 15) is 4.79 Å². The standard InChI is InChI=1S/C15H17ClN2O2/c1-15(2,3)13(19)14(18-9-8-17-10-18)20-12-6-4-11(16)5-7-12/h4-10,14H,1-3H3/i4D,5D,6D,7D. The normalized spacial score (nSPS) is 15.8. The van der Waals surface area contributed by atoms with Crippen molar-refractivity contribution in [1.82, 2.24) is 9.55 Å². The molecule has 1 unspecified atom stereocenters. The van der Waals surface area contributed by atoms with Gasteiger partial charge in [-0.3, -0.25) is 9.36 Å². The Labute approximate surface area is 129 Å². The molecule has 1 aromatic heterocycles. The number of Topliss-reactive ketones (excluding diaryl/α,β-unsaturated/α-hetero) is 1. The molecule has 20 heavy (non-hydrogen) atoms. The number of ketones is 1. The van der Waals surface area contributed by atoms with E-state index in [4.69, 9.17) is 21.8 Å². The molecule has 0 amide bonds. The number of hydrogen-bond acceptors (Lipinski definition) is 3. The summed E-state index contributed by atoms with van der Waals surface area (Å²) in [5, 5.41) is -0.293. The molecule has 1 heterocycles. The van der Waals surface area contributed by atoms with Crippen LogP contribution in [0, 0.1) is 5.41 Å². The summed E-state index contributed by atoms with van der Waals surface area (Å²) in [7, 11) is 0. The van der Waals surface area contributed by atoms with Crippen LogP contribution in [0.15, 0.2) is 42.9 Å². The molecule has 0 aliphatic heterocycles. The first-order valence-corrected chi connectivity index (χ1v) is 6.37. The third kappa shape index (κ3) is 3.39. The minimum Gasteiger partial charge on any atom is -0.463 e. The number of benzene rings is 1. The smallest absolute Gasteiger partial charge is 0.236 e. The molecule has 106 valence electrons. The molecule has 2 aromatic rings. The van der Waals surface area contributed by atoms with Crippen molar-refractivity contribution in [1.29, 1.82) is 0 Å². The molecule has 4 nitrogen and oxygen atoms in total. The van der Waals surface area contributed by atoms with Gasteiger partial charge in [-0.25, -0.2) is 4.98 Å². The van der Waals surface area contributed by atoms with Crippen molar-refractivity contribution >= 4 is 17.4 Å². The highest BCUT2D eigenvalue weighted by Crippen LogP contribution is 2.27. The van der Waals surface area contributed by atoms with Crippen molar-refractivity contribution in [2.45, 2.75) is 27.0 Å². The average molecular weight is 297 g/mol. The molecule has 0 N–H and O–H groups in total. The van der Waals surface area contributed by atoms with Crippen LogP contribution in [0.4, 0.5) is 0 Å². The van der Waals surface area contributed by atoms with Crippen LogP contribution in [0.5, 0.6) is 5.75 Å². The van der Waals surface area contributed by atoms with Crippen molar-refractivity contribution in [2.75, 3.05) is 0 Å². The molecule has 5 heteroatoms. The Morgan fingerprint density at radius 1 is 1.40 bits per heavy atom. The van der Waals surface area contributed by atoms with E-state index in [1.54, 1.807) is 20.8 Å². The first-order chi connectivity index (χ1) is 11.1. The SMILES string of the molecule is [2H]c1c([2H])c(OC(C(=O)C(C)(C)C)n2ccnc2)c([2H])c([2H])c1Cl. The zero-order valence-electron chi connectivity index (χ0n) is 15.4. The van der Waals surface area contributed by atoms with Gasteiger partial charge in [-0.15, -0.1) is 0 Å². The van der Waals surface area contributed by atoms with Crippen molar-refractivity contribution in [3.05, 3.63) is 47.9 Å². The predicted octanol–water partition coefficient (Wildman–Crippen LogP) is 3.73. The number of ether oxygens (including phenoxy) is 1. The van der Waals surface area contributed by atoms with E-state index in [1.807, 2.05) is 0 Å². The molecule has 0 aliphatic carbocycles. The summed E-state index contributed by atoms with van der Waals surface area (Å²) in [5.74, 6) is -0.627. The van der Waals surface area contributed by atoms with E-state index < -0.39 is 35.8 Å². The molecule has 1 atom stereocenters. The lowest BCUT2D eigenvalue weighted by Gasteiger charge is -2.26. The van der Waals surface area contributed by atoms with Gasteiger partial charge in [0.1, 0.15) is 5.75 Å². The minimum atomic E-state index is -1.17. The molecular formula is C15H17ClN2O2. The van der Waals surface area contributed by atoms with Crippen LogP contribution in [-0.2, 0) is 4.79 Å². The number of aromatic nitrogens is 2. The summed E-state index contributed by atoms with van der Waals surface area (Å²) in [6.45, 7) is 5.17. The Morgan fingerprint density at radius 3 is 2.55 bits per heavy atom. The second-order valence-corrected chi connectivity index (χ2v) is 5.62. The van der Waals surface area contributed by atoms with Crippen LogP contribution in [0.3, 0.4) is 0 Å². The average Bonchev–Trinajstić information content (AvgIpc) is 3.04. The largest absolute Gasteiger partial charge is 0.463 e. The van der Waals surface area contributed by atoms with Crippen molar-refractivity contribution in [3.63, 3.8) is 0 Å². The molecule has 1 aromatic carbocycles. The van der Waals surface area contributed by atoms with Gasteiger partial charge in [-0.1, -0.05) is 32.4 Å². The van der Waals surface area contributed by atoms with Crippen molar-refractivity contribution < 1.29 is 15.0 Å². The number of hydrogen-bond donors (Lipinski definition) is 0. The van der Waals surface area contributed by atoms with Crippen molar-refractivity contribution in [2.24, 2.45) is 5.41 Å². The van der Waals surface area contributed by atoms with Gasteiger partial charge in [-0.2, -0.15) is 0 Å². The van der Waals surface area contributed by atoms with E-state index in [1.165, 1.54) is 23.3 Å². The van der Waals surface area contributed by atoms with Gasteiger partial charge in [0, 0.05) is 22.8 Å². The van der Waals surface area contributed by atoms with E-state index in [0.29, 0.717) is 0 Å². The highest BCUT2D eigenvalue weighted by atomic mass is 35.5. The van der Waals surface area contributed by atoms with Crippen LogP contribution < -0.4 is 4.74 Å². The zero-order valence-corrected chi connectivity index (χ0v) is 12.2. The van der Waals surface area contributed by atoms with Crippen LogP contribution in [0.1, 0.15) is 32.5 Å². The maximum absolute atomic E-state index is 12.7. The molecular weight excluding hydrogens is 276 g/mol. The predicted molar refractivity (Wildman–Crippen MR) is 77.8 cm³/mol. The van der Waals surface area contributed by atoms with E-state index in [-0.39, 0.29) is 16.6 Å². The summed E-state index contributed by atoms with van der Waals surface area (Å²) >= 11 is 5.78. The molecule has 0 bridgehead atoms. The van der Waals surface area contributed by atoms with Gasteiger partial charge in [0.25, 0.3) is 0 Å².